The molecule has 26 heavy (non-hydrogen) atoms. The van der Waals surface area contributed by atoms with E-state index in [0.717, 1.165) is 11.1 Å². The average Bonchev–Trinajstić information content (AvgIpc) is 2.85. The monoisotopic (exact) mass is 351 g/mol. The summed E-state index contributed by atoms with van der Waals surface area (Å²) in [4.78, 5) is 38.4. The quantitative estimate of drug-likeness (QED) is 0.610. The van der Waals surface area contributed by atoms with E-state index in [9.17, 15) is 14.4 Å². The molecule has 0 saturated heterocycles. The largest absolute Gasteiger partial charge is 0.457 e. The van der Waals surface area contributed by atoms with Crippen molar-refractivity contribution in [2.75, 3.05) is 6.54 Å². The number of fused-ring (bicyclic) bond motifs is 1. The van der Waals surface area contributed by atoms with Gasteiger partial charge in [0.25, 0.3) is 11.8 Å². The molecule has 5 heteroatoms. The molecule has 2 aromatic carbocycles. The lowest BCUT2D eigenvalue weighted by Gasteiger charge is -2.15. The van der Waals surface area contributed by atoms with Crippen LogP contribution in [0.2, 0.25) is 0 Å². The molecule has 3 rings (SSSR count). The van der Waals surface area contributed by atoms with E-state index in [4.69, 9.17) is 4.74 Å². The van der Waals surface area contributed by atoms with E-state index in [-0.39, 0.29) is 35.5 Å². The van der Waals surface area contributed by atoms with Crippen LogP contribution in [0.3, 0.4) is 0 Å². The van der Waals surface area contributed by atoms with Gasteiger partial charge < -0.3 is 4.74 Å². The molecule has 0 unspecified atom stereocenters. The summed E-state index contributed by atoms with van der Waals surface area (Å²) in [6, 6.07) is 12.2. The minimum atomic E-state index is -0.518. The molecule has 0 aromatic heterocycles. The van der Waals surface area contributed by atoms with Gasteiger partial charge in [-0.05, 0) is 36.6 Å². The number of carbonyl (C=O) groups is 3. The number of nitrogens with zero attached hydrogens (tertiary/aromatic N) is 1. The Bertz CT molecular complexity index is 868. The Balaban J connectivity index is 1.74. The second kappa shape index (κ2) is 7.12. The Kier molecular flexibility index (Phi) is 4.89. The normalized spacial score (nSPS) is 13.3. The first-order valence-corrected chi connectivity index (χ1v) is 8.59. The van der Waals surface area contributed by atoms with Crippen molar-refractivity contribution in [2.24, 2.45) is 5.92 Å². The van der Waals surface area contributed by atoms with Crippen molar-refractivity contribution < 1.29 is 19.1 Å². The number of esters is 1. The molecular weight excluding hydrogens is 330 g/mol. The summed E-state index contributed by atoms with van der Waals surface area (Å²) in [6.07, 6.45) is 0. The van der Waals surface area contributed by atoms with E-state index in [1.54, 1.807) is 0 Å². The molecule has 0 saturated carbocycles. The number of ether oxygens (including phenoxy) is 1. The Morgan fingerprint density at radius 1 is 1.00 bits per heavy atom. The number of hydrogen-bond acceptors (Lipinski definition) is 4. The third kappa shape index (κ3) is 3.52. The number of imide groups is 1. The summed E-state index contributed by atoms with van der Waals surface area (Å²) in [5.74, 6) is -1.00. The van der Waals surface area contributed by atoms with Crippen LogP contribution in [-0.4, -0.2) is 29.2 Å². The van der Waals surface area contributed by atoms with Crippen LogP contribution in [0.1, 0.15) is 56.0 Å². The van der Waals surface area contributed by atoms with Crippen LogP contribution in [0.15, 0.2) is 42.5 Å². The van der Waals surface area contributed by atoms with E-state index in [1.807, 2.05) is 45.0 Å². The molecule has 0 bridgehead atoms. The molecule has 0 aliphatic carbocycles. The smallest absolute Gasteiger partial charge is 0.338 e. The van der Waals surface area contributed by atoms with Gasteiger partial charge in [0.2, 0.25) is 0 Å². The van der Waals surface area contributed by atoms with Crippen molar-refractivity contribution in [1.82, 2.24) is 4.90 Å². The van der Waals surface area contributed by atoms with Gasteiger partial charge in [0, 0.05) is 6.54 Å². The van der Waals surface area contributed by atoms with Crippen molar-refractivity contribution in [3.05, 3.63) is 70.3 Å². The second-order valence-corrected chi connectivity index (χ2v) is 6.94. The number of amides is 2. The Hall–Kier alpha value is -2.95. The first kappa shape index (κ1) is 17.9. The maximum Gasteiger partial charge on any atom is 0.338 e. The van der Waals surface area contributed by atoms with Crippen LogP contribution in [0.5, 0.6) is 0 Å². The fraction of sp³-hybridized carbons (Fsp3) is 0.286. The van der Waals surface area contributed by atoms with Gasteiger partial charge in [0.15, 0.2) is 0 Å². The topological polar surface area (TPSA) is 63.7 Å². The highest BCUT2D eigenvalue weighted by atomic mass is 16.5. The van der Waals surface area contributed by atoms with Crippen LogP contribution < -0.4 is 0 Å². The molecule has 5 nitrogen and oxygen atoms in total. The summed E-state index contributed by atoms with van der Waals surface area (Å²) in [7, 11) is 0. The minimum absolute atomic E-state index is 0.155. The molecule has 0 N–H and O–H groups in total. The van der Waals surface area contributed by atoms with Crippen molar-refractivity contribution >= 4 is 17.8 Å². The van der Waals surface area contributed by atoms with Gasteiger partial charge >= 0.3 is 5.97 Å². The summed E-state index contributed by atoms with van der Waals surface area (Å²) in [5.41, 5.74) is 2.89. The Morgan fingerprint density at radius 2 is 1.65 bits per heavy atom. The molecule has 2 amide bonds. The third-order valence-electron chi connectivity index (χ3n) is 4.24. The van der Waals surface area contributed by atoms with Gasteiger partial charge in [0.1, 0.15) is 6.61 Å². The van der Waals surface area contributed by atoms with Crippen molar-refractivity contribution in [3.63, 3.8) is 0 Å². The van der Waals surface area contributed by atoms with E-state index < -0.39 is 5.97 Å². The molecule has 1 heterocycles. The molecule has 2 aromatic rings. The highest BCUT2D eigenvalue weighted by molar-refractivity contribution is 6.21. The highest BCUT2D eigenvalue weighted by Crippen LogP contribution is 2.25. The van der Waals surface area contributed by atoms with Crippen molar-refractivity contribution in [1.29, 1.82) is 0 Å². The number of rotatable bonds is 5. The van der Waals surface area contributed by atoms with E-state index in [0.29, 0.717) is 12.1 Å². The maximum absolute atomic E-state index is 12.5. The third-order valence-corrected chi connectivity index (χ3v) is 4.24. The lowest BCUT2D eigenvalue weighted by molar-refractivity contribution is 0.0472. The zero-order valence-electron chi connectivity index (χ0n) is 15.1. The van der Waals surface area contributed by atoms with Crippen molar-refractivity contribution in [2.45, 2.75) is 27.4 Å². The number of hydrogen-bond donors (Lipinski definition) is 0. The zero-order valence-corrected chi connectivity index (χ0v) is 15.1. The predicted molar refractivity (Wildman–Crippen MR) is 96.9 cm³/mol. The first-order valence-electron chi connectivity index (χ1n) is 8.59. The van der Waals surface area contributed by atoms with Gasteiger partial charge in [-0.25, -0.2) is 4.79 Å². The summed E-state index contributed by atoms with van der Waals surface area (Å²) in [5, 5.41) is 0. The van der Waals surface area contributed by atoms with Crippen LogP contribution >= 0.6 is 0 Å². The van der Waals surface area contributed by atoms with Gasteiger partial charge in [-0.2, -0.15) is 0 Å². The van der Waals surface area contributed by atoms with Gasteiger partial charge in [-0.15, -0.1) is 0 Å². The number of aryl methyl sites for hydroxylation is 1. The summed E-state index contributed by atoms with van der Waals surface area (Å²) >= 11 is 0. The van der Waals surface area contributed by atoms with Crippen LogP contribution in [0.25, 0.3) is 0 Å². The van der Waals surface area contributed by atoms with Gasteiger partial charge in [-0.3, -0.25) is 14.5 Å². The fourth-order valence-electron chi connectivity index (χ4n) is 2.87. The predicted octanol–water partition coefficient (Wildman–Crippen LogP) is 3.60. The Labute approximate surface area is 152 Å². The first-order chi connectivity index (χ1) is 12.4. The van der Waals surface area contributed by atoms with Crippen molar-refractivity contribution in [3.8, 4) is 0 Å². The number of benzene rings is 2. The maximum atomic E-state index is 12.5. The minimum Gasteiger partial charge on any atom is -0.457 e. The molecule has 0 radical (unpaired) electrons. The highest BCUT2D eigenvalue weighted by Gasteiger charge is 2.36. The van der Waals surface area contributed by atoms with E-state index in [1.165, 1.54) is 23.1 Å². The van der Waals surface area contributed by atoms with Crippen LogP contribution in [0.4, 0.5) is 0 Å². The van der Waals surface area contributed by atoms with E-state index >= 15 is 0 Å². The molecule has 0 atom stereocenters. The Morgan fingerprint density at radius 3 is 2.31 bits per heavy atom. The fourth-order valence-corrected chi connectivity index (χ4v) is 2.87. The van der Waals surface area contributed by atoms with Crippen LogP contribution in [-0.2, 0) is 11.3 Å². The summed E-state index contributed by atoms with van der Waals surface area (Å²) < 4.78 is 5.32. The SMILES string of the molecule is Cc1ccc(COC(=O)c2ccc3c(c2)C(=O)N(CC(C)C)C3=O)cc1. The molecule has 1 aliphatic rings. The molecule has 1 aliphatic heterocycles. The van der Waals surface area contributed by atoms with Gasteiger partial charge in [0.05, 0.1) is 16.7 Å². The lowest BCUT2D eigenvalue weighted by atomic mass is 10.1. The summed E-state index contributed by atoms with van der Waals surface area (Å²) in [6.45, 7) is 6.39. The standard InChI is InChI=1S/C21H21NO4/c1-13(2)11-22-19(23)17-9-8-16(10-18(17)20(22)24)21(25)26-12-15-6-4-14(3)5-7-15/h4-10,13H,11-12H2,1-3H3. The van der Waals surface area contributed by atoms with Crippen LogP contribution in [0, 0.1) is 12.8 Å². The van der Waals surface area contributed by atoms with Gasteiger partial charge in [-0.1, -0.05) is 43.7 Å². The lowest BCUT2D eigenvalue weighted by Crippen LogP contribution is -2.33. The molecule has 0 spiro atoms. The molecule has 134 valence electrons. The average molecular weight is 351 g/mol. The molecule has 0 fully saturated rings. The number of carbonyl (C=O) groups excluding carboxylic acids is 3. The second-order valence-electron chi connectivity index (χ2n) is 6.94. The van der Waals surface area contributed by atoms with E-state index in [2.05, 4.69) is 0 Å². The zero-order chi connectivity index (χ0) is 18.8. The molecular formula is C21H21NO4.